The van der Waals surface area contributed by atoms with E-state index in [9.17, 15) is 8.78 Å². The largest absolute Gasteiger partial charge is 0.398 e. The molecule has 10 heteroatoms. The molecule has 1 fully saturated rings. The fraction of sp³-hybridized carbons (Fsp3) is 0.263. The Hall–Kier alpha value is -3.56. The van der Waals surface area contributed by atoms with Crippen LogP contribution in [-0.2, 0) is 0 Å². The first-order valence-electron chi connectivity index (χ1n) is 9.15. The van der Waals surface area contributed by atoms with Gasteiger partial charge in [0.25, 0.3) is 0 Å². The predicted molar refractivity (Wildman–Crippen MR) is 107 cm³/mol. The molecule has 2 aromatic heterocycles. The van der Waals surface area contributed by atoms with E-state index in [0.717, 1.165) is 37.0 Å². The molecule has 1 unspecified atom stereocenters. The monoisotopic (exact) mass is 398 g/mol. The number of nitrogens with zero attached hydrogens (tertiary/aromatic N) is 3. The van der Waals surface area contributed by atoms with E-state index in [1.54, 1.807) is 6.92 Å². The van der Waals surface area contributed by atoms with Crippen molar-refractivity contribution in [3.05, 3.63) is 52.9 Å². The van der Waals surface area contributed by atoms with Gasteiger partial charge < -0.3 is 21.8 Å². The summed E-state index contributed by atoms with van der Waals surface area (Å²) in [7, 11) is 0. The molecule has 150 valence electrons. The Balaban J connectivity index is 1.55. The number of hydrogen-bond acceptors (Lipinski definition) is 7. The van der Waals surface area contributed by atoms with Crippen LogP contribution in [0.15, 0.2) is 24.4 Å². The van der Waals surface area contributed by atoms with Crippen LogP contribution in [-0.4, -0.2) is 26.4 Å². The Morgan fingerprint density at radius 3 is 2.83 bits per heavy atom. The second-order valence-electron chi connectivity index (χ2n) is 7.01. The minimum Gasteiger partial charge on any atom is -0.398 e. The van der Waals surface area contributed by atoms with Crippen LogP contribution in [0.3, 0.4) is 0 Å². The zero-order valence-corrected chi connectivity index (χ0v) is 15.6. The van der Waals surface area contributed by atoms with Crippen molar-refractivity contribution < 1.29 is 8.78 Å². The van der Waals surface area contributed by atoms with Crippen LogP contribution in [0.25, 0.3) is 0 Å². The topological polar surface area (TPSA) is 128 Å². The standard InChI is InChI=1S/C19H20F2N8/c1-9(12-4-11(20)5-15(23)13(12)7-22)25-19-24-8-14(21)18(27-19)26-17-6-16(28-29-17)10-2-3-10/h4-10,22H,2-3,23H2,1H3,(H3,24,25,26,27,28,29). The first-order chi connectivity index (χ1) is 13.9. The van der Waals surface area contributed by atoms with Crippen LogP contribution in [0, 0.1) is 17.0 Å². The second-order valence-corrected chi connectivity index (χ2v) is 7.01. The van der Waals surface area contributed by atoms with Gasteiger partial charge in [-0.15, -0.1) is 0 Å². The highest BCUT2D eigenvalue weighted by Gasteiger charge is 2.25. The predicted octanol–water partition coefficient (Wildman–Crippen LogP) is 3.85. The van der Waals surface area contributed by atoms with Gasteiger partial charge in [-0.2, -0.15) is 10.1 Å². The maximum atomic E-state index is 14.2. The number of nitrogens with one attached hydrogen (secondary N) is 4. The highest BCUT2D eigenvalue weighted by atomic mass is 19.1. The average molecular weight is 398 g/mol. The van der Waals surface area contributed by atoms with Crippen molar-refractivity contribution in [2.45, 2.75) is 31.7 Å². The lowest BCUT2D eigenvalue weighted by atomic mass is 10.00. The summed E-state index contributed by atoms with van der Waals surface area (Å²) in [4.78, 5) is 8.10. The lowest BCUT2D eigenvalue weighted by molar-refractivity contribution is 0.618. The smallest absolute Gasteiger partial charge is 0.225 e. The normalized spacial score (nSPS) is 14.4. The van der Waals surface area contributed by atoms with Crippen molar-refractivity contribution in [2.24, 2.45) is 0 Å². The molecular formula is C19H20F2N8. The molecule has 1 aromatic carbocycles. The summed E-state index contributed by atoms with van der Waals surface area (Å²) in [5.74, 6) is -0.0770. The molecule has 4 rings (SSSR count). The van der Waals surface area contributed by atoms with Gasteiger partial charge in [0.15, 0.2) is 17.5 Å². The van der Waals surface area contributed by atoms with E-state index in [1.807, 2.05) is 6.07 Å². The fourth-order valence-corrected chi connectivity index (χ4v) is 3.11. The number of aromatic amines is 1. The van der Waals surface area contributed by atoms with E-state index in [0.29, 0.717) is 22.9 Å². The number of nitrogens with two attached hydrogens (primary N) is 1. The second kappa shape index (κ2) is 7.46. The minimum absolute atomic E-state index is 0.0328. The van der Waals surface area contributed by atoms with Gasteiger partial charge in [0.05, 0.1) is 12.2 Å². The number of rotatable bonds is 7. The van der Waals surface area contributed by atoms with Crippen molar-refractivity contribution >= 4 is 29.5 Å². The van der Waals surface area contributed by atoms with Crippen molar-refractivity contribution in [3.63, 3.8) is 0 Å². The quantitative estimate of drug-likeness (QED) is 0.304. The van der Waals surface area contributed by atoms with Crippen LogP contribution in [0.4, 0.5) is 32.1 Å². The van der Waals surface area contributed by atoms with Crippen LogP contribution in [0.5, 0.6) is 0 Å². The number of aromatic nitrogens is 4. The fourth-order valence-electron chi connectivity index (χ4n) is 3.11. The highest BCUT2D eigenvalue weighted by molar-refractivity contribution is 5.87. The van der Waals surface area contributed by atoms with E-state index >= 15 is 0 Å². The van der Waals surface area contributed by atoms with E-state index in [4.69, 9.17) is 11.1 Å². The molecule has 1 atom stereocenters. The number of anilines is 4. The summed E-state index contributed by atoms with van der Waals surface area (Å²) in [6, 6.07) is 3.81. The van der Waals surface area contributed by atoms with E-state index in [2.05, 4.69) is 30.8 Å². The first-order valence-corrected chi connectivity index (χ1v) is 9.15. The summed E-state index contributed by atoms with van der Waals surface area (Å²) in [5.41, 5.74) is 7.85. The zero-order chi connectivity index (χ0) is 20.5. The Morgan fingerprint density at radius 2 is 2.10 bits per heavy atom. The van der Waals surface area contributed by atoms with Gasteiger partial charge in [-0.25, -0.2) is 13.8 Å². The lowest BCUT2D eigenvalue weighted by Crippen LogP contribution is -2.14. The molecule has 1 aliphatic carbocycles. The van der Waals surface area contributed by atoms with Gasteiger partial charge in [-0.3, -0.25) is 5.10 Å². The molecule has 6 N–H and O–H groups in total. The molecule has 29 heavy (non-hydrogen) atoms. The number of nitrogen functional groups attached to an aromatic ring is 1. The third kappa shape index (κ3) is 4.00. The highest BCUT2D eigenvalue weighted by Crippen LogP contribution is 2.39. The summed E-state index contributed by atoms with van der Waals surface area (Å²) in [5, 5.41) is 20.4. The van der Waals surface area contributed by atoms with E-state index in [1.165, 1.54) is 6.07 Å². The Bertz CT molecular complexity index is 1060. The average Bonchev–Trinajstić information content (AvgIpc) is 3.43. The Kier molecular flexibility index (Phi) is 4.83. The third-order valence-corrected chi connectivity index (χ3v) is 4.77. The van der Waals surface area contributed by atoms with Crippen molar-refractivity contribution in [2.75, 3.05) is 16.4 Å². The van der Waals surface area contributed by atoms with Crippen LogP contribution < -0.4 is 16.4 Å². The summed E-state index contributed by atoms with van der Waals surface area (Å²) >= 11 is 0. The number of halogens is 2. The SMILES string of the molecule is CC(Nc1ncc(F)c(Nc2cc(C3CC3)[nH]n2)n1)c1cc(F)cc(N)c1C=N. The maximum Gasteiger partial charge on any atom is 0.225 e. The molecule has 0 saturated heterocycles. The van der Waals surface area contributed by atoms with Gasteiger partial charge >= 0.3 is 0 Å². The molecule has 0 spiro atoms. The van der Waals surface area contributed by atoms with Gasteiger partial charge in [0.2, 0.25) is 5.95 Å². The molecule has 8 nitrogen and oxygen atoms in total. The summed E-state index contributed by atoms with van der Waals surface area (Å²) in [6.07, 6.45) is 4.35. The van der Waals surface area contributed by atoms with Gasteiger partial charge in [0.1, 0.15) is 5.82 Å². The molecule has 0 radical (unpaired) electrons. The van der Waals surface area contributed by atoms with Crippen LogP contribution >= 0.6 is 0 Å². The molecule has 0 aliphatic heterocycles. The lowest BCUT2D eigenvalue weighted by Gasteiger charge is -2.18. The van der Waals surface area contributed by atoms with E-state index in [-0.39, 0.29) is 17.5 Å². The summed E-state index contributed by atoms with van der Waals surface area (Å²) < 4.78 is 28.0. The number of benzene rings is 1. The summed E-state index contributed by atoms with van der Waals surface area (Å²) in [6.45, 7) is 1.75. The molecule has 1 aliphatic rings. The van der Waals surface area contributed by atoms with Crippen LogP contribution in [0.1, 0.15) is 48.5 Å². The number of H-pyrrole nitrogens is 1. The Morgan fingerprint density at radius 1 is 1.31 bits per heavy atom. The molecule has 2 heterocycles. The molecule has 0 amide bonds. The first kappa shape index (κ1) is 18.8. The Labute approximate surface area is 165 Å². The molecule has 0 bridgehead atoms. The minimum atomic E-state index is -0.630. The van der Waals surface area contributed by atoms with Gasteiger partial charge in [0, 0.05) is 35.1 Å². The zero-order valence-electron chi connectivity index (χ0n) is 15.6. The molecule has 3 aromatic rings. The van der Waals surface area contributed by atoms with Crippen LogP contribution in [0.2, 0.25) is 0 Å². The maximum absolute atomic E-state index is 14.2. The van der Waals surface area contributed by atoms with Gasteiger partial charge in [-0.05, 0) is 37.5 Å². The number of hydrogen-bond donors (Lipinski definition) is 5. The molecular weight excluding hydrogens is 378 g/mol. The molecule has 1 saturated carbocycles. The van der Waals surface area contributed by atoms with E-state index < -0.39 is 17.7 Å². The third-order valence-electron chi connectivity index (χ3n) is 4.77. The van der Waals surface area contributed by atoms with Crippen molar-refractivity contribution in [1.29, 1.82) is 5.41 Å². The van der Waals surface area contributed by atoms with Gasteiger partial charge in [-0.1, -0.05) is 0 Å². The van der Waals surface area contributed by atoms with Crippen molar-refractivity contribution in [1.82, 2.24) is 20.2 Å². The van der Waals surface area contributed by atoms with Crippen molar-refractivity contribution in [3.8, 4) is 0 Å².